The van der Waals surface area contributed by atoms with Crippen LogP contribution in [0.15, 0.2) is 18.2 Å². The van der Waals surface area contributed by atoms with Gasteiger partial charge >= 0.3 is 0 Å². The zero-order valence-corrected chi connectivity index (χ0v) is 8.04. The summed E-state index contributed by atoms with van der Waals surface area (Å²) in [5, 5.41) is 0. The minimum absolute atomic E-state index is 0.236. The van der Waals surface area contributed by atoms with Crippen molar-refractivity contribution in [2.24, 2.45) is 0 Å². The highest BCUT2D eigenvalue weighted by atomic mass is 16.5. The van der Waals surface area contributed by atoms with Gasteiger partial charge in [-0.1, -0.05) is 0 Å². The average molecular weight is 178 g/mol. The second kappa shape index (κ2) is 3.29. The van der Waals surface area contributed by atoms with E-state index in [-0.39, 0.29) is 6.10 Å². The molecule has 0 aromatic heterocycles. The zero-order chi connectivity index (χ0) is 9.26. The number of rotatable bonds is 2. The Labute approximate surface area is 78.5 Å². The number of benzene rings is 1. The fraction of sp³-hybridized carbons (Fsp3) is 0.455. The minimum atomic E-state index is 0.236. The number of hydrogen-bond acceptors (Lipinski definition) is 2. The molecule has 1 aromatic rings. The van der Waals surface area contributed by atoms with Crippen molar-refractivity contribution in [3.8, 4) is 11.5 Å². The Morgan fingerprint density at radius 2 is 2.23 bits per heavy atom. The topological polar surface area (TPSA) is 18.5 Å². The molecule has 0 bridgehead atoms. The molecule has 70 valence electrons. The van der Waals surface area contributed by atoms with Gasteiger partial charge in [0.25, 0.3) is 0 Å². The van der Waals surface area contributed by atoms with Crippen molar-refractivity contribution in [2.75, 3.05) is 6.61 Å². The van der Waals surface area contributed by atoms with Crippen LogP contribution in [0.25, 0.3) is 0 Å². The lowest BCUT2D eigenvalue weighted by molar-refractivity contribution is 0.242. The molecule has 13 heavy (non-hydrogen) atoms. The van der Waals surface area contributed by atoms with E-state index in [1.54, 1.807) is 0 Å². The van der Waals surface area contributed by atoms with Gasteiger partial charge in [0.15, 0.2) is 0 Å². The van der Waals surface area contributed by atoms with Gasteiger partial charge in [0.2, 0.25) is 0 Å². The number of ether oxygens (including phenoxy) is 2. The SMILES string of the molecule is CC(C)Oc1ccc2c(c1)CCO2. The molecule has 0 radical (unpaired) electrons. The summed E-state index contributed by atoms with van der Waals surface area (Å²) in [6, 6.07) is 6.02. The minimum Gasteiger partial charge on any atom is -0.493 e. The predicted octanol–water partition coefficient (Wildman–Crippen LogP) is 2.41. The molecule has 0 spiro atoms. The second-order valence-corrected chi connectivity index (χ2v) is 3.53. The van der Waals surface area contributed by atoms with Gasteiger partial charge in [-0.25, -0.2) is 0 Å². The molecule has 0 saturated heterocycles. The Kier molecular flexibility index (Phi) is 2.13. The van der Waals surface area contributed by atoms with Gasteiger partial charge in [0.05, 0.1) is 12.7 Å². The molecule has 0 N–H and O–H groups in total. The Hall–Kier alpha value is -1.18. The Morgan fingerprint density at radius 1 is 1.38 bits per heavy atom. The average Bonchev–Trinajstić information content (AvgIpc) is 2.49. The maximum absolute atomic E-state index is 5.58. The van der Waals surface area contributed by atoms with Crippen LogP contribution < -0.4 is 9.47 Å². The van der Waals surface area contributed by atoms with Gasteiger partial charge in [-0.05, 0) is 32.0 Å². The highest BCUT2D eigenvalue weighted by Crippen LogP contribution is 2.29. The van der Waals surface area contributed by atoms with E-state index < -0.39 is 0 Å². The third-order valence-corrected chi connectivity index (χ3v) is 2.03. The summed E-state index contributed by atoms with van der Waals surface area (Å²) in [7, 11) is 0. The van der Waals surface area contributed by atoms with Crippen LogP contribution in [-0.4, -0.2) is 12.7 Å². The van der Waals surface area contributed by atoms with Gasteiger partial charge in [0.1, 0.15) is 11.5 Å². The molecule has 0 aliphatic carbocycles. The monoisotopic (exact) mass is 178 g/mol. The first-order valence-electron chi connectivity index (χ1n) is 4.68. The van der Waals surface area contributed by atoms with Crippen molar-refractivity contribution < 1.29 is 9.47 Å². The van der Waals surface area contributed by atoms with Gasteiger partial charge < -0.3 is 9.47 Å². The van der Waals surface area contributed by atoms with Gasteiger partial charge in [-0.2, -0.15) is 0 Å². The Morgan fingerprint density at radius 3 is 3.00 bits per heavy atom. The zero-order valence-electron chi connectivity index (χ0n) is 8.04. The van der Waals surface area contributed by atoms with Crippen LogP contribution in [0.3, 0.4) is 0 Å². The first-order chi connectivity index (χ1) is 6.25. The molecule has 0 unspecified atom stereocenters. The van der Waals surface area contributed by atoms with Crippen LogP contribution >= 0.6 is 0 Å². The highest BCUT2D eigenvalue weighted by molar-refractivity contribution is 5.42. The summed E-state index contributed by atoms with van der Waals surface area (Å²) in [5.74, 6) is 1.95. The summed E-state index contributed by atoms with van der Waals surface area (Å²) in [4.78, 5) is 0. The third kappa shape index (κ3) is 1.77. The van der Waals surface area contributed by atoms with E-state index in [1.807, 2.05) is 26.0 Å². The van der Waals surface area contributed by atoms with Gasteiger partial charge in [-0.3, -0.25) is 0 Å². The summed E-state index contributed by atoms with van der Waals surface area (Å²) in [6.07, 6.45) is 1.24. The van der Waals surface area contributed by atoms with E-state index in [1.165, 1.54) is 5.56 Å². The predicted molar refractivity (Wildman–Crippen MR) is 51.4 cm³/mol. The highest BCUT2D eigenvalue weighted by Gasteiger charge is 2.12. The lowest BCUT2D eigenvalue weighted by Gasteiger charge is -2.10. The maximum atomic E-state index is 5.58. The van der Waals surface area contributed by atoms with Crippen LogP contribution in [0.5, 0.6) is 11.5 Å². The molecule has 2 heteroatoms. The fourth-order valence-corrected chi connectivity index (χ4v) is 1.51. The molecule has 0 saturated carbocycles. The third-order valence-electron chi connectivity index (χ3n) is 2.03. The van der Waals surface area contributed by atoms with Gasteiger partial charge in [-0.15, -0.1) is 0 Å². The number of fused-ring (bicyclic) bond motifs is 1. The van der Waals surface area contributed by atoms with Crippen molar-refractivity contribution in [3.63, 3.8) is 0 Å². The quantitative estimate of drug-likeness (QED) is 0.692. The lowest BCUT2D eigenvalue weighted by atomic mass is 10.1. The molecule has 0 fully saturated rings. The van der Waals surface area contributed by atoms with Crippen LogP contribution in [0.1, 0.15) is 19.4 Å². The molecule has 1 heterocycles. The standard InChI is InChI=1S/C11H14O2/c1-8(2)13-10-3-4-11-9(7-10)5-6-12-11/h3-4,7-8H,5-6H2,1-2H3. The maximum Gasteiger partial charge on any atom is 0.122 e. The molecule has 1 aromatic carbocycles. The van der Waals surface area contributed by atoms with Crippen molar-refractivity contribution in [1.29, 1.82) is 0 Å². The van der Waals surface area contributed by atoms with E-state index in [4.69, 9.17) is 9.47 Å². The molecule has 0 atom stereocenters. The largest absolute Gasteiger partial charge is 0.493 e. The van der Waals surface area contributed by atoms with Gasteiger partial charge in [0, 0.05) is 12.0 Å². The van der Waals surface area contributed by atoms with Crippen LogP contribution in [0.2, 0.25) is 0 Å². The van der Waals surface area contributed by atoms with E-state index in [2.05, 4.69) is 6.07 Å². The van der Waals surface area contributed by atoms with E-state index in [9.17, 15) is 0 Å². The Bertz CT molecular complexity index is 305. The lowest BCUT2D eigenvalue weighted by Crippen LogP contribution is -2.05. The molecular weight excluding hydrogens is 164 g/mol. The molecule has 0 amide bonds. The summed E-state index contributed by atoms with van der Waals surface area (Å²) in [6.45, 7) is 4.87. The van der Waals surface area contributed by atoms with Crippen LogP contribution in [-0.2, 0) is 6.42 Å². The first kappa shape index (κ1) is 8.42. The Balaban J connectivity index is 2.21. The van der Waals surface area contributed by atoms with E-state index in [0.717, 1.165) is 24.5 Å². The smallest absolute Gasteiger partial charge is 0.122 e. The summed E-state index contributed by atoms with van der Waals surface area (Å²) >= 11 is 0. The summed E-state index contributed by atoms with van der Waals surface area (Å²) in [5.41, 5.74) is 1.26. The molecule has 1 aliphatic heterocycles. The van der Waals surface area contributed by atoms with Crippen molar-refractivity contribution in [1.82, 2.24) is 0 Å². The van der Waals surface area contributed by atoms with Crippen molar-refractivity contribution in [3.05, 3.63) is 23.8 Å². The molecule has 2 rings (SSSR count). The fourth-order valence-electron chi connectivity index (χ4n) is 1.51. The van der Waals surface area contributed by atoms with E-state index in [0.29, 0.717) is 0 Å². The normalized spacial score (nSPS) is 14.1. The van der Waals surface area contributed by atoms with Crippen molar-refractivity contribution in [2.45, 2.75) is 26.4 Å². The molecular formula is C11H14O2. The molecule has 1 aliphatic rings. The van der Waals surface area contributed by atoms with Crippen molar-refractivity contribution >= 4 is 0 Å². The van der Waals surface area contributed by atoms with E-state index >= 15 is 0 Å². The molecule has 2 nitrogen and oxygen atoms in total. The number of hydrogen-bond donors (Lipinski definition) is 0. The second-order valence-electron chi connectivity index (χ2n) is 3.53. The van der Waals surface area contributed by atoms with Crippen LogP contribution in [0, 0.1) is 0 Å². The first-order valence-corrected chi connectivity index (χ1v) is 4.68. The van der Waals surface area contributed by atoms with Crippen LogP contribution in [0.4, 0.5) is 0 Å². The summed E-state index contributed by atoms with van der Waals surface area (Å²) < 4.78 is 11.0.